The molecule has 0 aromatic heterocycles. The Balaban J connectivity index is 1.88. The van der Waals surface area contributed by atoms with Gasteiger partial charge in [0, 0.05) is 13.0 Å². The van der Waals surface area contributed by atoms with Crippen LogP contribution in [0.1, 0.15) is 38.2 Å². The van der Waals surface area contributed by atoms with Gasteiger partial charge in [0.25, 0.3) is 0 Å². The summed E-state index contributed by atoms with van der Waals surface area (Å²) in [5.74, 6) is -3.97. The van der Waals surface area contributed by atoms with Crippen LogP contribution >= 0.6 is 11.6 Å². The molecule has 0 bridgehead atoms. The second-order valence-corrected chi connectivity index (χ2v) is 9.42. The molecule has 0 unspecified atom stereocenters. The van der Waals surface area contributed by atoms with E-state index in [1.807, 2.05) is 13.0 Å². The van der Waals surface area contributed by atoms with Gasteiger partial charge in [0.15, 0.2) is 0 Å². The Labute approximate surface area is 214 Å². The molecule has 1 aliphatic heterocycles. The van der Waals surface area contributed by atoms with Crippen molar-refractivity contribution in [3.05, 3.63) is 45.5 Å². The van der Waals surface area contributed by atoms with E-state index in [0.29, 0.717) is 40.3 Å². The Morgan fingerprint density at radius 2 is 2.00 bits per heavy atom. The van der Waals surface area contributed by atoms with Crippen molar-refractivity contribution < 1.29 is 39.2 Å². The van der Waals surface area contributed by atoms with Crippen LogP contribution in [0, 0.1) is 17.8 Å². The number of hydrogen-bond donors (Lipinski definition) is 3. The fourth-order valence-electron chi connectivity index (χ4n) is 5.22. The Hall–Kier alpha value is -2.72. The highest BCUT2D eigenvalue weighted by atomic mass is 35.5. The van der Waals surface area contributed by atoms with Crippen LogP contribution in [-0.4, -0.2) is 71.7 Å². The maximum atomic E-state index is 13.0. The van der Waals surface area contributed by atoms with E-state index in [2.05, 4.69) is 4.74 Å². The molecular weight excluding hydrogens is 490 g/mol. The summed E-state index contributed by atoms with van der Waals surface area (Å²) in [6.07, 6.45) is 1.49. The SMILES string of the molecule is CC/C(=C\c1ccc(O)cc1Cl)CC[C@@H](O)C1=C(COC)C[C@H]2C(=O)N(C(=O)OC)C(=O)[C@H]2[C@H]1CO. The molecule has 9 nitrogen and oxygen atoms in total. The lowest BCUT2D eigenvalue weighted by Crippen LogP contribution is -2.40. The molecule has 36 heavy (non-hydrogen) atoms. The molecule has 1 aromatic carbocycles. The van der Waals surface area contributed by atoms with Crippen LogP contribution in [0.4, 0.5) is 4.79 Å². The smallest absolute Gasteiger partial charge is 0.423 e. The monoisotopic (exact) mass is 521 g/mol. The number of carbonyl (C=O) groups excluding carboxylic acids is 3. The topological polar surface area (TPSA) is 134 Å². The van der Waals surface area contributed by atoms with Crippen LogP contribution in [0.25, 0.3) is 6.08 Å². The number of halogens is 1. The zero-order valence-electron chi connectivity index (χ0n) is 20.6. The van der Waals surface area contributed by atoms with Gasteiger partial charge in [-0.05, 0) is 60.6 Å². The lowest BCUT2D eigenvalue weighted by molar-refractivity contribution is -0.137. The van der Waals surface area contributed by atoms with Crippen LogP contribution in [0.2, 0.25) is 5.02 Å². The first-order chi connectivity index (χ1) is 17.2. The molecule has 1 fully saturated rings. The Bertz CT molecular complexity index is 1080. The normalized spacial score (nSPS) is 23.2. The number of rotatable bonds is 9. The van der Waals surface area contributed by atoms with Gasteiger partial charge >= 0.3 is 6.09 Å². The van der Waals surface area contributed by atoms with E-state index >= 15 is 0 Å². The zero-order chi connectivity index (χ0) is 26.6. The van der Waals surface area contributed by atoms with Gasteiger partial charge in [-0.25, -0.2) is 4.79 Å². The summed E-state index contributed by atoms with van der Waals surface area (Å²) in [7, 11) is 2.57. The Kier molecular flexibility index (Phi) is 9.30. The molecule has 1 saturated heterocycles. The summed E-state index contributed by atoms with van der Waals surface area (Å²) in [6.45, 7) is 1.62. The number of aromatic hydroxyl groups is 1. The lowest BCUT2D eigenvalue weighted by Gasteiger charge is -2.36. The molecule has 0 spiro atoms. The van der Waals surface area contributed by atoms with Gasteiger partial charge in [0.2, 0.25) is 11.8 Å². The third-order valence-corrected chi connectivity index (χ3v) is 7.28. The second kappa shape index (κ2) is 12.0. The summed E-state index contributed by atoms with van der Waals surface area (Å²) in [5.41, 5.74) is 2.87. The minimum Gasteiger partial charge on any atom is -0.508 e. The summed E-state index contributed by atoms with van der Waals surface area (Å²) in [4.78, 5) is 38.5. The van der Waals surface area contributed by atoms with Crippen molar-refractivity contribution in [2.45, 2.75) is 38.7 Å². The third kappa shape index (κ3) is 5.49. The average Bonchev–Trinajstić information content (AvgIpc) is 3.11. The highest BCUT2D eigenvalue weighted by molar-refractivity contribution is 6.32. The zero-order valence-corrected chi connectivity index (χ0v) is 21.3. The molecule has 1 aromatic rings. The standard InChI is InChI=1S/C26H32ClNO8/c1-4-14(9-15-6-7-17(30)11-20(15)27)5-8-21(31)22-16(13-35-2)10-18-23(19(22)12-29)25(33)28(24(18)32)26(34)36-3/h6-7,9,11,18-19,21,23,29-31H,4-5,8,10,12-13H2,1-3H3/b14-9+/t18-,19+,21-,23-/m1/s1. The number of aliphatic hydroxyl groups excluding tert-OH is 2. The summed E-state index contributed by atoms with van der Waals surface area (Å²) >= 11 is 6.23. The number of amides is 3. The number of likely N-dealkylation sites (tertiary alicyclic amines) is 1. The van der Waals surface area contributed by atoms with Gasteiger partial charge in [-0.15, -0.1) is 0 Å². The number of methoxy groups -OCH3 is 2. The number of phenols is 1. The van der Waals surface area contributed by atoms with E-state index < -0.39 is 48.4 Å². The molecule has 196 valence electrons. The first kappa shape index (κ1) is 27.9. The Morgan fingerprint density at radius 3 is 2.58 bits per heavy atom. The van der Waals surface area contributed by atoms with Crippen LogP contribution in [-0.2, 0) is 19.1 Å². The molecule has 0 radical (unpaired) electrons. The third-order valence-electron chi connectivity index (χ3n) is 6.95. The lowest BCUT2D eigenvalue weighted by atomic mass is 9.68. The van der Waals surface area contributed by atoms with E-state index in [0.717, 1.165) is 18.2 Å². The molecule has 10 heteroatoms. The average molecular weight is 522 g/mol. The van der Waals surface area contributed by atoms with Crippen molar-refractivity contribution in [1.82, 2.24) is 4.90 Å². The van der Waals surface area contributed by atoms with Gasteiger partial charge in [-0.1, -0.05) is 30.2 Å². The van der Waals surface area contributed by atoms with Crippen LogP contribution in [0.5, 0.6) is 5.75 Å². The largest absolute Gasteiger partial charge is 0.508 e. The maximum absolute atomic E-state index is 13.0. The van der Waals surface area contributed by atoms with E-state index in [1.165, 1.54) is 13.2 Å². The number of ether oxygens (including phenoxy) is 2. The van der Waals surface area contributed by atoms with E-state index in [9.17, 15) is 29.7 Å². The molecule has 2 aliphatic rings. The number of benzene rings is 1. The molecule has 1 heterocycles. The van der Waals surface area contributed by atoms with Crippen LogP contribution in [0.15, 0.2) is 34.9 Å². The minimum atomic E-state index is -1.06. The first-order valence-electron chi connectivity index (χ1n) is 11.8. The van der Waals surface area contributed by atoms with Crippen molar-refractivity contribution in [3.63, 3.8) is 0 Å². The molecule has 4 atom stereocenters. The van der Waals surface area contributed by atoms with Crippen molar-refractivity contribution in [1.29, 1.82) is 0 Å². The number of fused-ring (bicyclic) bond motifs is 1. The van der Waals surface area contributed by atoms with Crippen molar-refractivity contribution in [2.75, 3.05) is 27.4 Å². The van der Waals surface area contributed by atoms with Crippen LogP contribution < -0.4 is 0 Å². The highest BCUT2D eigenvalue weighted by Gasteiger charge is 2.57. The van der Waals surface area contributed by atoms with Gasteiger partial charge in [-0.3, -0.25) is 9.59 Å². The fraction of sp³-hybridized carbons (Fsp3) is 0.500. The Morgan fingerprint density at radius 1 is 1.28 bits per heavy atom. The molecule has 3 rings (SSSR count). The van der Waals surface area contributed by atoms with E-state index in [-0.39, 0.29) is 18.8 Å². The highest BCUT2D eigenvalue weighted by Crippen LogP contribution is 2.46. The predicted molar refractivity (Wildman–Crippen MR) is 132 cm³/mol. The molecule has 3 amide bonds. The van der Waals surface area contributed by atoms with Crippen molar-refractivity contribution in [2.24, 2.45) is 17.8 Å². The molecule has 1 aliphatic carbocycles. The molecule has 3 N–H and O–H groups in total. The van der Waals surface area contributed by atoms with Gasteiger partial charge in [0.05, 0.1) is 43.3 Å². The molecule has 0 saturated carbocycles. The van der Waals surface area contributed by atoms with Crippen molar-refractivity contribution in [3.8, 4) is 5.75 Å². The summed E-state index contributed by atoms with van der Waals surface area (Å²) < 4.78 is 9.92. The second-order valence-electron chi connectivity index (χ2n) is 9.02. The fourth-order valence-corrected chi connectivity index (χ4v) is 5.45. The maximum Gasteiger partial charge on any atom is 0.423 e. The molecular formula is C26H32ClNO8. The van der Waals surface area contributed by atoms with Gasteiger partial charge in [-0.2, -0.15) is 4.90 Å². The summed E-state index contributed by atoms with van der Waals surface area (Å²) in [6, 6.07) is 4.71. The van der Waals surface area contributed by atoms with E-state index in [1.54, 1.807) is 12.1 Å². The number of phenolic OH excluding ortho intramolecular Hbond substituents is 1. The number of allylic oxidation sites excluding steroid dienone is 1. The number of carbonyl (C=O) groups is 3. The van der Waals surface area contributed by atoms with Gasteiger partial charge in [0.1, 0.15) is 5.75 Å². The summed E-state index contributed by atoms with van der Waals surface area (Å²) in [5, 5.41) is 31.5. The quantitative estimate of drug-likeness (QED) is 0.333. The number of hydrogen-bond acceptors (Lipinski definition) is 8. The number of aliphatic hydroxyl groups is 2. The van der Waals surface area contributed by atoms with Gasteiger partial charge < -0.3 is 24.8 Å². The number of nitrogens with zero attached hydrogens (tertiary/aromatic N) is 1. The number of imide groups is 3. The minimum absolute atomic E-state index is 0.0691. The first-order valence-corrected chi connectivity index (χ1v) is 12.2. The van der Waals surface area contributed by atoms with Crippen molar-refractivity contribution >= 4 is 35.6 Å². The van der Waals surface area contributed by atoms with Crippen LogP contribution in [0.3, 0.4) is 0 Å². The van der Waals surface area contributed by atoms with E-state index in [4.69, 9.17) is 16.3 Å². The predicted octanol–water partition coefficient (Wildman–Crippen LogP) is 3.30.